The van der Waals surface area contributed by atoms with E-state index in [0.717, 1.165) is 29.8 Å². The minimum atomic E-state index is -0.854. The first kappa shape index (κ1) is 20.5. The number of hydrogen-bond donors (Lipinski definition) is 0. The van der Waals surface area contributed by atoms with Crippen LogP contribution in [0, 0.1) is 20.2 Å². The van der Waals surface area contributed by atoms with E-state index in [1.807, 2.05) is 0 Å². The lowest BCUT2D eigenvalue weighted by Gasteiger charge is -2.09. The molecule has 2 aromatic rings. The second kappa shape index (κ2) is 9.24. The summed E-state index contributed by atoms with van der Waals surface area (Å²) in [6.07, 6.45) is 0. The summed E-state index contributed by atoms with van der Waals surface area (Å²) in [5, 5.41) is 21.2. The lowest BCUT2D eigenvalue weighted by molar-refractivity contribution is -0.385. The zero-order valence-electron chi connectivity index (χ0n) is 13.9. The van der Waals surface area contributed by atoms with E-state index < -0.39 is 28.4 Å². The number of rotatable bonds is 7. The maximum absolute atomic E-state index is 12.0. The van der Waals surface area contributed by atoms with E-state index in [9.17, 15) is 29.8 Å². The molecule has 0 N–H and O–H groups in total. The van der Waals surface area contributed by atoms with Crippen LogP contribution >= 0.6 is 11.6 Å². The molecule has 0 aliphatic carbocycles. The van der Waals surface area contributed by atoms with Crippen LogP contribution in [0.25, 0.3) is 0 Å². The van der Waals surface area contributed by atoms with Gasteiger partial charge in [0.25, 0.3) is 11.4 Å². The minimum absolute atomic E-state index is 0.0308. The van der Waals surface area contributed by atoms with Crippen molar-refractivity contribution in [3.05, 3.63) is 91.2 Å². The molecule has 0 aliphatic rings. The Balaban J connectivity index is 1.94. The predicted molar refractivity (Wildman–Crippen MR) is 95.8 cm³/mol. The van der Waals surface area contributed by atoms with Gasteiger partial charge in [-0.1, -0.05) is 11.6 Å². The molecule has 2 aromatic carbocycles. The summed E-state index contributed by atoms with van der Waals surface area (Å²) in [6.45, 7) is -0.474. The van der Waals surface area contributed by atoms with Crippen molar-refractivity contribution >= 4 is 34.9 Å². The Morgan fingerprint density at radius 2 is 1.29 bits per heavy atom. The van der Waals surface area contributed by atoms with Crippen molar-refractivity contribution in [3.8, 4) is 0 Å². The molecular formula is C17H11ClN2O8. The number of non-ortho nitro benzene ring substituents is 2. The summed E-state index contributed by atoms with van der Waals surface area (Å²) in [5.41, 5.74) is 0.605. The molecule has 0 aliphatic heterocycles. The van der Waals surface area contributed by atoms with E-state index in [2.05, 4.69) is 0 Å². The fraction of sp³-hybridized carbons (Fsp3) is 0.0588. The topological polar surface area (TPSA) is 139 Å². The van der Waals surface area contributed by atoms with Crippen molar-refractivity contribution in [2.75, 3.05) is 6.61 Å². The second-order valence-electron chi connectivity index (χ2n) is 5.15. The number of carbonyl (C=O) groups excluding carboxylic acids is 2. The van der Waals surface area contributed by atoms with Gasteiger partial charge in [-0.25, -0.2) is 9.59 Å². The lowest BCUT2D eigenvalue weighted by Crippen LogP contribution is -2.12. The van der Waals surface area contributed by atoms with Crippen LogP contribution in [0.15, 0.2) is 59.8 Å². The van der Waals surface area contributed by atoms with Gasteiger partial charge in [0.1, 0.15) is 0 Å². The molecule has 10 nitrogen and oxygen atoms in total. The number of hydrogen-bond acceptors (Lipinski definition) is 8. The van der Waals surface area contributed by atoms with Gasteiger partial charge in [0.2, 0.25) is 0 Å². The fourth-order valence-corrected chi connectivity index (χ4v) is 2.03. The first-order valence-corrected chi connectivity index (χ1v) is 7.93. The van der Waals surface area contributed by atoms with Crippen molar-refractivity contribution in [1.82, 2.24) is 0 Å². The molecule has 0 amide bonds. The Bertz CT molecular complexity index is 939. The largest absolute Gasteiger partial charge is 0.454 e. The average Bonchev–Trinajstić information content (AvgIpc) is 2.70. The molecule has 0 radical (unpaired) electrons. The molecule has 11 heteroatoms. The van der Waals surface area contributed by atoms with Gasteiger partial charge in [0.05, 0.1) is 21.0 Å². The minimum Gasteiger partial charge on any atom is -0.454 e. The summed E-state index contributed by atoms with van der Waals surface area (Å²) in [4.78, 5) is 43.9. The molecule has 0 saturated carbocycles. The molecule has 28 heavy (non-hydrogen) atoms. The maximum Gasteiger partial charge on any atom is 0.343 e. The van der Waals surface area contributed by atoms with Crippen molar-refractivity contribution in [3.63, 3.8) is 0 Å². The molecule has 0 saturated heterocycles. The predicted octanol–water partition coefficient (Wildman–Crippen LogP) is 3.60. The smallest absolute Gasteiger partial charge is 0.343 e. The molecule has 2 rings (SSSR count). The molecule has 0 atom stereocenters. The van der Waals surface area contributed by atoms with Gasteiger partial charge in [-0.2, -0.15) is 0 Å². The number of nitro benzene ring substituents is 2. The Labute approximate surface area is 162 Å². The lowest BCUT2D eigenvalue weighted by atomic mass is 10.2. The molecule has 144 valence electrons. The van der Waals surface area contributed by atoms with Crippen LogP contribution in [0.2, 0.25) is 0 Å². The van der Waals surface area contributed by atoms with Crippen molar-refractivity contribution < 1.29 is 28.9 Å². The number of halogens is 1. The van der Waals surface area contributed by atoms with Crippen LogP contribution in [-0.4, -0.2) is 28.4 Å². The van der Waals surface area contributed by atoms with Gasteiger partial charge >= 0.3 is 11.9 Å². The van der Waals surface area contributed by atoms with Crippen molar-refractivity contribution in [1.29, 1.82) is 0 Å². The normalized spacial score (nSPS) is 10.8. The summed E-state index contributed by atoms with van der Waals surface area (Å²) >= 11 is 5.56. The summed E-state index contributed by atoms with van der Waals surface area (Å²) in [5.74, 6) is -1.84. The highest BCUT2D eigenvalue weighted by molar-refractivity contribution is 6.25. The molecule has 0 fully saturated rings. The van der Waals surface area contributed by atoms with Crippen molar-refractivity contribution in [2.45, 2.75) is 0 Å². The van der Waals surface area contributed by atoms with Gasteiger partial charge in [0.15, 0.2) is 12.4 Å². The molecule has 0 unspecified atom stereocenters. The number of nitrogens with zero attached hydrogens (tertiary/aromatic N) is 2. The van der Waals surface area contributed by atoms with Crippen LogP contribution < -0.4 is 0 Å². The maximum atomic E-state index is 12.0. The second-order valence-corrected chi connectivity index (χ2v) is 5.37. The molecule has 0 heterocycles. The van der Waals surface area contributed by atoms with E-state index in [-0.39, 0.29) is 28.3 Å². The van der Waals surface area contributed by atoms with Crippen molar-refractivity contribution in [2.24, 2.45) is 0 Å². The summed E-state index contributed by atoms with van der Waals surface area (Å²) < 4.78 is 9.92. The number of benzene rings is 2. The van der Waals surface area contributed by atoms with Gasteiger partial charge in [-0.3, -0.25) is 20.2 Å². The zero-order chi connectivity index (χ0) is 20.7. The van der Waals surface area contributed by atoms with E-state index in [1.165, 1.54) is 24.3 Å². The Hall–Kier alpha value is -3.79. The number of carbonyl (C=O) groups is 2. The SMILES string of the molecule is O=C(OC/C(=C\Cl)OC(=O)c1ccc([N+](=O)[O-])cc1)c1ccc([N+](=O)[O-])cc1. The van der Waals surface area contributed by atoms with Gasteiger partial charge < -0.3 is 9.47 Å². The first-order valence-electron chi connectivity index (χ1n) is 7.49. The molecule has 0 spiro atoms. The number of esters is 2. The third kappa shape index (κ3) is 5.35. The Kier molecular flexibility index (Phi) is 6.77. The van der Waals surface area contributed by atoms with Crippen LogP contribution in [0.4, 0.5) is 11.4 Å². The average molecular weight is 407 g/mol. The zero-order valence-corrected chi connectivity index (χ0v) is 14.7. The first-order chi connectivity index (χ1) is 13.3. The highest BCUT2D eigenvalue weighted by atomic mass is 35.5. The van der Waals surface area contributed by atoms with Crippen LogP contribution in [0.5, 0.6) is 0 Å². The van der Waals surface area contributed by atoms with E-state index >= 15 is 0 Å². The fourth-order valence-electron chi connectivity index (χ4n) is 1.92. The standard InChI is InChI=1S/C17H11ClN2O8/c18-9-15(28-17(22)12-3-7-14(8-4-12)20(25)26)10-27-16(21)11-1-5-13(6-2-11)19(23)24/h1-9H,10H2/b15-9+. The van der Waals surface area contributed by atoms with E-state index in [4.69, 9.17) is 21.1 Å². The number of ether oxygens (including phenoxy) is 2. The summed E-state index contributed by atoms with van der Waals surface area (Å²) in [6, 6.07) is 9.39. The monoisotopic (exact) mass is 406 g/mol. The Morgan fingerprint density at radius 1 is 0.857 bits per heavy atom. The van der Waals surface area contributed by atoms with Crippen LogP contribution in [0.1, 0.15) is 20.7 Å². The van der Waals surface area contributed by atoms with E-state index in [0.29, 0.717) is 0 Å². The highest BCUT2D eigenvalue weighted by Crippen LogP contribution is 2.16. The molecule has 0 aromatic heterocycles. The van der Waals surface area contributed by atoms with Gasteiger partial charge in [-0.05, 0) is 24.3 Å². The number of nitro groups is 2. The third-order valence-corrected chi connectivity index (χ3v) is 3.56. The quantitative estimate of drug-likeness (QED) is 0.294. The molecule has 0 bridgehead atoms. The van der Waals surface area contributed by atoms with Gasteiger partial charge in [-0.15, -0.1) is 0 Å². The summed E-state index contributed by atoms with van der Waals surface area (Å²) in [7, 11) is 0. The van der Waals surface area contributed by atoms with Crippen LogP contribution in [-0.2, 0) is 9.47 Å². The highest BCUT2D eigenvalue weighted by Gasteiger charge is 2.15. The van der Waals surface area contributed by atoms with Gasteiger partial charge in [0, 0.05) is 29.8 Å². The third-order valence-electron chi connectivity index (χ3n) is 3.32. The van der Waals surface area contributed by atoms with Crippen LogP contribution in [0.3, 0.4) is 0 Å². The van der Waals surface area contributed by atoms with E-state index in [1.54, 1.807) is 0 Å². The Morgan fingerprint density at radius 3 is 1.68 bits per heavy atom. The molecular weight excluding hydrogens is 396 g/mol.